The Morgan fingerprint density at radius 1 is 1.14 bits per heavy atom. The summed E-state index contributed by atoms with van der Waals surface area (Å²) in [5, 5.41) is 9.99. The fourth-order valence-corrected chi connectivity index (χ4v) is 3.56. The number of hydrogen-bond donors (Lipinski definition) is 0. The van der Waals surface area contributed by atoms with E-state index in [2.05, 4.69) is 29.0 Å². The molecule has 0 aliphatic carbocycles. The fourth-order valence-electron chi connectivity index (χ4n) is 2.57. The summed E-state index contributed by atoms with van der Waals surface area (Å²) in [5.74, 6) is 0.677. The first kappa shape index (κ1) is 12.5. The highest BCUT2D eigenvalue weighted by Gasteiger charge is 2.16. The molecule has 0 aliphatic rings. The van der Waals surface area contributed by atoms with E-state index in [9.17, 15) is 0 Å². The third kappa shape index (κ3) is 1.70. The zero-order valence-corrected chi connectivity index (χ0v) is 13.1. The molecule has 6 nitrogen and oxygen atoms in total. The second-order valence-electron chi connectivity index (χ2n) is 5.21. The Morgan fingerprint density at radius 3 is 2.67 bits per heavy atom. The number of hydrogen-bond acceptors (Lipinski definition) is 5. The van der Waals surface area contributed by atoms with Gasteiger partial charge in [-0.25, -0.2) is 14.5 Å². The van der Waals surface area contributed by atoms with Crippen LogP contribution in [0.15, 0.2) is 12.4 Å². The third-order valence-corrected chi connectivity index (χ3v) is 4.85. The molecule has 0 saturated heterocycles. The Bertz CT molecular complexity index is 990. The van der Waals surface area contributed by atoms with Gasteiger partial charge < -0.3 is 0 Å². The lowest BCUT2D eigenvalue weighted by atomic mass is 10.2. The third-order valence-electron chi connectivity index (χ3n) is 3.74. The van der Waals surface area contributed by atoms with E-state index in [0.29, 0.717) is 5.82 Å². The Labute approximate surface area is 125 Å². The number of aromatic nitrogens is 6. The van der Waals surface area contributed by atoms with Crippen LogP contribution < -0.4 is 0 Å². The Balaban J connectivity index is 2.06. The van der Waals surface area contributed by atoms with Gasteiger partial charge in [0.2, 0.25) is 0 Å². The minimum absolute atomic E-state index is 0.677. The van der Waals surface area contributed by atoms with Crippen molar-refractivity contribution < 1.29 is 0 Å². The van der Waals surface area contributed by atoms with E-state index >= 15 is 0 Å². The second kappa shape index (κ2) is 4.11. The molecule has 0 fully saturated rings. The highest BCUT2D eigenvalue weighted by atomic mass is 32.1. The Hall–Kier alpha value is -2.28. The SMILES string of the molecule is Cc1cc(-c2nc3c4c(C)c(C)sc4ncn3n2)n(C)n1. The molecule has 0 radical (unpaired) electrons. The number of aryl methyl sites for hydroxylation is 4. The summed E-state index contributed by atoms with van der Waals surface area (Å²) >= 11 is 1.70. The van der Waals surface area contributed by atoms with Crippen LogP contribution in [0, 0.1) is 20.8 Å². The van der Waals surface area contributed by atoms with Gasteiger partial charge in [-0.05, 0) is 32.4 Å². The number of fused-ring (bicyclic) bond motifs is 3. The molecule has 0 atom stereocenters. The zero-order chi connectivity index (χ0) is 14.7. The van der Waals surface area contributed by atoms with Crippen LogP contribution in [0.25, 0.3) is 27.4 Å². The van der Waals surface area contributed by atoms with E-state index in [1.165, 1.54) is 10.4 Å². The second-order valence-corrected chi connectivity index (χ2v) is 6.41. The molecule has 106 valence electrons. The van der Waals surface area contributed by atoms with Crippen LogP contribution in [0.5, 0.6) is 0 Å². The van der Waals surface area contributed by atoms with Crippen molar-refractivity contribution >= 4 is 27.2 Å². The monoisotopic (exact) mass is 298 g/mol. The first-order valence-corrected chi connectivity index (χ1v) is 7.48. The molecule has 0 saturated carbocycles. The molecule has 4 rings (SSSR count). The highest BCUT2D eigenvalue weighted by Crippen LogP contribution is 2.31. The summed E-state index contributed by atoms with van der Waals surface area (Å²) in [4.78, 5) is 11.5. The van der Waals surface area contributed by atoms with Crippen molar-refractivity contribution in [1.82, 2.24) is 29.4 Å². The van der Waals surface area contributed by atoms with E-state index in [1.807, 2.05) is 20.0 Å². The summed E-state index contributed by atoms with van der Waals surface area (Å²) in [5.41, 5.74) is 3.95. The van der Waals surface area contributed by atoms with Gasteiger partial charge in [-0.2, -0.15) is 5.10 Å². The molecule has 0 unspecified atom stereocenters. The molecule has 0 N–H and O–H groups in total. The Morgan fingerprint density at radius 2 is 1.95 bits per heavy atom. The first-order valence-electron chi connectivity index (χ1n) is 6.66. The lowest BCUT2D eigenvalue weighted by Gasteiger charge is -1.93. The summed E-state index contributed by atoms with van der Waals surface area (Å²) in [6.45, 7) is 6.18. The largest absolute Gasteiger partial charge is 0.264 e. The van der Waals surface area contributed by atoms with Crippen LogP contribution in [-0.4, -0.2) is 29.4 Å². The average molecular weight is 298 g/mol. The minimum atomic E-state index is 0.677. The average Bonchev–Trinajstić information content (AvgIpc) is 3.07. The molecular formula is C14H14N6S. The molecule has 4 heterocycles. The van der Waals surface area contributed by atoms with Gasteiger partial charge in [0.1, 0.15) is 16.9 Å². The maximum atomic E-state index is 4.72. The number of rotatable bonds is 1. The van der Waals surface area contributed by atoms with Crippen molar-refractivity contribution in [2.45, 2.75) is 20.8 Å². The van der Waals surface area contributed by atoms with Crippen LogP contribution in [0.4, 0.5) is 0 Å². The predicted octanol–water partition coefficient (Wildman–Crippen LogP) is 2.66. The van der Waals surface area contributed by atoms with Crippen LogP contribution >= 0.6 is 11.3 Å². The van der Waals surface area contributed by atoms with E-state index in [-0.39, 0.29) is 0 Å². The molecule has 0 aromatic carbocycles. The van der Waals surface area contributed by atoms with Crippen LogP contribution in [0.2, 0.25) is 0 Å². The highest BCUT2D eigenvalue weighted by molar-refractivity contribution is 7.18. The topological polar surface area (TPSA) is 60.9 Å². The van der Waals surface area contributed by atoms with E-state index in [4.69, 9.17) is 4.98 Å². The summed E-state index contributed by atoms with van der Waals surface area (Å²) in [6.07, 6.45) is 1.73. The fraction of sp³-hybridized carbons (Fsp3) is 0.286. The van der Waals surface area contributed by atoms with Gasteiger partial charge in [0, 0.05) is 11.9 Å². The molecule has 4 aromatic rings. The van der Waals surface area contributed by atoms with Crippen molar-refractivity contribution in [3.05, 3.63) is 28.5 Å². The molecule has 7 heteroatoms. The van der Waals surface area contributed by atoms with Gasteiger partial charge >= 0.3 is 0 Å². The van der Waals surface area contributed by atoms with Crippen molar-refractivity contribution in [2.75, 3.05) is 0 Å². The van der Waals surface area contributed by atoms with Crippen LogP contribution in [-0.2, 0) is 7.05 Å². The lowest BCUT2D eigenvalue weighted by molar-refractivity contribution is 0.758. The van der Waals surface area contributed by atoms with E-state index < -0.39 is 0 Å². The maximum Gasteiger partial charge on any atom is 0.200 e. The Kier molecular flexibility index (Phi) is 2.44. The number of thiophene rings is 1. The summed E-state index contributed by atoms with van der Waals surface area (Å²) < 4.78 is 3.56. The predicted molar refractivity (Wildman–Crippen MR) is 82.6 cm³/mol. The molecule has 4 aromatic heterocycles. The van der Waals surface area contributed by atoms with Crippen LogP contribution in [0.3, 0.4) is 0 Å². The van der Waals surface area contributed by atoms with Crippen LogP contribution in [0.1, 0.15) is 16.1 Å². The van der Waals surface area contributed by atoms with E-state index in [0.717, 1.165) is 27.3 Å². The molecule has 0 amide bonds. The van der Waals surface area contributed by atoms with Gasteiger partial charge in [-0.3, -0.25) is 4.68 Å². The first-order chi connectivity index (χ1) is 10.0. The van der Waals surface area contributed by atoms with Gasteiger partial charge in [0.15, 0.2) is 11.5 Å². The lowest BCUT2D eigenvalue weighted by Crippen LogP contribution is -1.95. The molecule has 0 aliphatic heterocycles. The molecule has 21 heavy (non-hydrogen) atoms. The quantitative estimate of drug-likeness (QED) is 0.542. The molecular weight excluding hydrogens is 284 g/mol. The van der Waals surface area contributed by atoms with Crippen molar-refractivity contribution in [3.8, 4) is 11.5 Å². The van der Waals surface area contributed by atoms with Gasteiger partial charge in [-0.15, -0.1) is 16.4 Å². The van der Waals surface area contributed by atoms with Crippen molar-refractivity contribution in [1.29, 1.82) is 0 Å². The number of nitrogens with zero attached hydrogens (tertiary/aromatic N) is 6. The van der Waals surface area contributed by atoms with Crippen molar-refractivity contribution in [2.24, 2.45) is 7.05 Å². The summed E-state index contributed by atoms with van der Waals surface area (Å²) in [7, 11) is 1.90. The molecule has 0 bridgehead atoms. The maximum absolute atomic E-state index is 4.72. The summed E-state index contributed by atoms with van der Waals surface area (Å²) in [6, 6.07) is 1.99. The van der Waals surface area contributed by atoms with Gasteiger partial charge in [0.05, 0.1) is 11.1 Å². The zero-order valence-electron chi connectivity index (χ0n) is 12.2. The normalized spacial score (nSPS) is 11.8. The standard InChI is InChI=1S/C14H14N6S/c1-7-5-10(19(4)17-7)12-16-13-11-8(2)9(3)21-14(11)15-6-20(13)18-12/h5-6H,1-4H3. The van der Waals surface area contributed by atoms with Gasteiger partial charge in [0.25, 0.3) is 0 Å². The van der Waals surface area contributed by atoms with E-state index in [1.54, 1.807) is 26.9 Å². The van der Waals surface area contributed by atoms with Gasteiger partial charge in [-0.1, -0.05) is 0 Å². The van der Waals surface area contributed by atoms with Crippen molar-refractivity contribution in [3.63, 3.8) is 0 Å². The smallest absolute Gasteiger partial charge is 0.200 e. The molecule has 0 spiro atoms. The minimum Gasteiger partial charge on any atom is -0.264 e.